The van der Waals surface area contributed by atoms with Crippen LogP contribution in [0, 0.1) is 5.92 Å². The zero-order valence-corrected chi connectivity index (χ0v) is 9.99. The summed E-state index contributed by atoms with van der Waals surface area (Å²) in [4.78, 5) is 0. The van der Waals surface area contributed by atoms with E-state index in [4.69, 9.17) is 5.73 Å². The molecule has 0 bridgehead atoms. The van der Waals surface area contributed by atoms with E-state index in [0.717, 1.165) is 18.4 Å². The standard InChI is InChI=1S/C12H17NO2S/c13-12(10-5-2-1-3-6-10)11-7-4-8-16(14,15)9-11/h1-3,5-6,11-12H,4,7-9,13H2. The van der Waals surface area contributed by atoms with E-state index < -0.39 is 9.84 Å². The van der Waals surface area contributed by atoms with E-state index in [9.17, 15) is 8.42 Å². The summed E-state index contributed by atoms with van der Waals surface area (Å²) < 4.78 is 23.1. The molecular formula is C12H17NO2S. The Labute approximate surface area is 96.6 Å². The van der Waals surface area contributed by atoms with E-state index in [1.54, 1.807) is 0 Å². The van der Waals surface area contributed by atoms with Crippen molar-refractivity contribution in [2.45, 2.75) is 18.9 Å². The van der Waals surface area contributed by atoms with E-state index in [2.05, 4.69) is 0 Å². The van der Waals surface area contributed by atoms with Gasteiger partial charge in [0.2, 0.25) is 0 Å². The molecule has 2 atom stereocenters. The van der Waals surface area contributed by atoms with Gasteiger partial charge in [0.15, 0.2) is 9.84 Å². The second-order valence-electron chi connectivity index (χ2n) is 4.45. The van der Waals surface area contributed by atoms with Crippen molar-refractivity contribution < 1.29 is 8.42 Å². The fraction of sp³-hybridized carbons (Fsp3) is 0.500. The Balaban J connectivity index is 2.14. The molecule has 3 nitrogen and oxygen atoms in total. The Morgan fingerprint density at radius 2 is 1.94 bits per heavy atom. The maximum absolute atomic E-state index is 11.5. The van der Waals surface area contributed by atoms with E-state index in [0.29, 0.717) is 5.75 Å². The number of rotatable bonds is 2. The van der Waals surface area contributed by atoms with E-state index >= 15 is 0 Å². The summed E-state index contributed by atoms with van der Waals surface area (Å²) in [5, 5.41) is 0. The van der Waals surface area contributed by atoms with E-state index in [1.165, 1.54) is 0 Å². The van der Waals surface area contributed by atoms with Gasteiger partial charge in [0.1, 0.15) is 0 Å². The molecule has 0 aromatic heterocycles. The summed E-state index contributed by atoms with van der Waals surface area (Å²) in [5.74, 6) is 0.634. The highest BCUT2D eigenvalue weighted by molar-refractivity contribution is 7.91. The molecule has 4 heteroatoms. The van der Waals surface area contributed by atoms with Gasteiger partial charge in [0.05, 0.1) is 11.5 Å². The highest BCUT2D eigenvalue weighted by atomic mass is 32.2. The molecule has 0 saturated carbocycles. The van der Waals surface area contributed by atoms with Crippen molar-refractivity contribution in [1.82, 2.24) is 0 Å². The van der Waals surface area contributed by atoms with Crippen molar-refractivity contribution in [3.05, 3.63) is 35.9 Å². The Kier molecular flexibility index (Phi) is 3.30. The fourth-order valence-corrected chi connectivity index (χ4v) is 4.09. The third kappa shape index (κ3) is 2.62. The molecule has 2 rings (SSSR count). The van der Waals surface area contributed by atoms with Gasteiger partial charge in [-0.1, -0.05) is 30.3 Å². The van der Waals surface area contributed by atoms with Gasteiger partial charge in [0, 0.05) is 6.04 Å². The van der Waals surface area contributed by atoms with Gasteiger partial charge in [-0.3, -0.25) is 0 Å². The molecule has 0 spiro atoms. The minimum atomic E-state index is -2.86. The van der Waals surface area contributed by atoms with Gasteiger partial charge in [-0.15, -0.1) is 0 Å². The second kappa shape index (κ2) is 4.55. The monoisotopic (exact) mass is 239 g/mol. The summed E-state index contributed by atoms with van der Waals surface area (Å²) >= 11 is 0. The van der Waals surface area contributed by atoms with Crippen molar-refractivity contribution in [2.75, 3.05) is 11.5 Å². The lowest BCUT2D eigenvalue weighted by Gasteiger charge is -2.27. The second-order valence-corrected chi connectivity index (χ2v) is 6.68. The third-order valence-electron chi connectivity index (χ3n) is 3.19. The average Bonchev–Trinajstić information content (AvgIpc) is 2.28. The van der Waals surface area contributed by atoms with Crippen LogP contribution in [-0.4, -0.2) is 19.9 Å². The predicted octanol–water partition coefficient (Wildman–Crippen LogP) is 1.51. The van der Waals surface area contributed by atoms with Crippen LogP contribution in [-0.2, 0) is 9.84 Å². The number of hydrogen-bond acceptors (Lipinski definition) is 3. The van der Waals surface area contributed by atoms with Crippen LogP contribution < -0.4 is 5.73 Å². The third-order valence-corrected chi connectivity index (χ3v) is 5.04. The van der Waals surface area contributed by atoms with Crippen LogP contribution in [0.1, 0.15) is 24.4 Å². The summed E-state index contributed by atoms with van der Waals surface area (Å²) in [6, 6.07) is 9.58. The summed E-state index contributed by atoms with van der Waals surface area (Å²) in [5.41, 5.74) is 7.16. The first-order chi connectivity index (χ1) is 7.58. The maximum atomic E-state index is 11.5. The SMILES string of the molecule is NC(c1ccccc1)C1CCCS(=O)(=O)C1. The molecule has 0 amide bonds. The molecule has 1 fully saturated rings. The first-order valence-electron chi connectivity index (χ1n) is 5.59. The van der Waals surface area contributed by atoms with Crippen LogP contribution in [0.2, 0.25) is 0 Å². The Bertz CT molecular complexity index is 441. The van der Waals surface area contributed by atoms with Crippen molar-refractivity contribution in [3.63, 3.8) is 0 Å². The zero-order chi connectivity index (χ0) is 11.6. The van der Waals surface area contributed by atoms with Crippen LogP contribution in [0.25, 0.3) is 0 Å². The quantitative estimate of drug-likeness (QED) is 0.851. The Hall–Kier alpha value is -0.870. The Morgan fingerprint density at radius 1 is 1.25 bits per heavy atom. The van der Waals surface area contributed by atoms with Crippen LogP contribution in [0.15, 0.2) is 30.3 Å². The summed E-state index contributed by atoms with van der Waals surface area (Å²) in [7, 11) is -2.86. The number of hydrogen-bond donors (Lipinski definition) is 1. The van der Waals surface area contributed by atoms with Gasteiger partial charge in [-0.25, -0.2) is 8.42 Å². The highest BCUT2D eigenvalue weighted by Crippen LogP contribution is 2.28. The molecule has 1 aliphatic heterocycles. The molecule has 1 aromatic rings. The molecule has 1 aromatic carbocycles. The molecule has 1 heterocycles. The molecule has 16 heavy (non-hydrogen) atoms. The smallest absolute Gasteiger partial charge is 0.150 e. The molecule has 88 valence electrons. The highest BCUT2D eigenvalue weighted by Gasteiger charge is 2.29. The van der Waals surface area contributed by atoms with Crippen LogP contribution in [0.3, 0.4) is 0 Å². The van der Waals surface area contributed by atoms with Gasteiger partial charge >= 0.3 is 0 Å². The molecule has 0 radical (unpaired) electrons. The van der Waals surface area contributed by atoms with Crippen LogP contribution in [0.4, 0.5) is 0 Å². The van der Waals surface area contributed by atoms with Crippen molar-refractivity contribution in [1.29, 1.82) is 0 Å². The largest absolute Gasteiger partial charge is 0.324 e. The topological polar surface area (TPSA) is 60.2 Å². The van der Waals surface area contributed by atoms with E-state index in [1.807, 2.05) is 30.3 Å². The molecular weight excluding hydrogens is 222 g/mol. The lowest BCUT2D eigenvalue weighted by molar-refractivity contribution is 0.415. The van der Waals surface area contributed by atoms with Crippen LogP contribution in [0.5, 0.6) is 0 Å². The zero-order valence-electron chi connectivity index (χ0n) is 9.17. The Morgan fingerprint density at radius 3 is 2.56 bits per heavy atom. The number of sulfone groups is 1. The summed E-state index contributed by atoms with van der Waals surface area (Å²) in [6.07, 6.45) is 1.66. The van der Waals surface area contributed by atoms with Crippen molar-refractivity contribution in [2.24, 2.45) is 11.7 Å². The molecule has 2 N–H and O–H groups in total. The normalized spacial score (nSPS) is 26.2. The molecule has 1 aliphatic rings. The summed E-state index contributed by atoms with van der Waals surface area (Å²) in [6.45, 7) is 0. The van der Waals surface area contributed by atoms with Crippen LogP contribution >= 0.6 is 0 Å². The van der Waals surface area contributed by atoms with Gasteiger partial charge in [0.25, 0.3) is 0 Å². The minimum Gasteiger partial charge on any atom is -0.324 e. The van der Waals surface area contributed by atoms with E-state index in [-0.39, 0.29) is 17.7 Å². The van der Waals surface area contributed by atoms with Crippen molar-refractivity contribution in [3.8, 4) is 0 Å². The average molecular weight is 239 g/mol. The minimum absolute atomic E-state index is 0.0705. The number of nitrogens with two attached hydrogens (primary N) is 1. The van der Waals surface area contributed by atoms with Gasteiger partial charge < -0.3 is 5.73 Å². The fourth-order valence-electron chi connectivity index (χ4n) is 2.29. The van der Waals surface area contributed by atoms with Gasteiger partial charge in [-0.2, -0.15) is 0 Å². The molecule has 1 saturated heterocycles. The maximum Gasteiger partial charge on any atom is 0.150 e. The lowest BCUT2D eigenvalue weighted by atomic mass is 9.91. The lowest BCUT2D eigenvalue weighted by Crippen LogP contribution is -2.33. The molecule has 0 aliphatic carbocycles. The predicted molar refractivity (Wildman–Crippen MR) is 64.7 cm³/mol. The number of benzene rings is 1. The first-order valence-corrected chi connectivity index (χ1v) is 7.41. The molecule has 2 unspecified atom stereocenters. The van der Waals surface area contributed by atoms with Gasteiger partial charge in [-0.05, 0) is 24.3 Å². The van der Waals surface area contributed by atoms with Crippen molar-refractivity contribution >= 4 is 9.84 Å². The first kappa shape index (κ1) is 11.6.